The number of benzene rings is 2. The smallest absolute Gasteiger partial charge is 0.269 e. The van der Waals surface area contributed by atoms with Gasteiger partial charge in [-0.05, 0) is 48.4 Å². The molecule has 0 saturated heterocycles. The molecule has 1 amide bonds. The number of nitrogens with zero attached hydrogens (tertiary/aromatic N) is 1. The van der Waals surface area contributed by atoms with E-state index in [0.29, 0.717) is 0 Å². The normalized spacial score (nSPS) is 10.5. The van der Waals surface area contributed by atoms with Crippen LogP contribution in [0.25, 0.3) is 6.08 Å². The number of aryl methyl sites for hydroxylation is 1. The van der Waals surface area contributed by atoms with Crippen LogP contribution < -0.4 is 5.32 Å². The van der Waals surface area contributed by atoms with E-state index in [2.05, 4.69) is 5.32 Å². The fourth-order valence-corrected chi connectivity index (χ4v) is 1.79. The van der Waals surface area contributed by atoms with E-state index in [4.69, 9.17) is 0 Å². The second-order valence-electron chi connectivity index (χ2n) is 4.54. The number of nitro benzene ring substituents is 1. The highest BCUT2D eigenvalue weighted by molar-refractivity contribution is 6.01. The predicted molar refractivity (Wildman–Crippen MR) is 81.9 cm³/mol. The maximum absolute atomic E-state index is 11.8. The van der Waals surface area contributed by atoms with E-state index >= 15 is 0 Å². The molecular formula is C16H14N2O3. The summed E-state index contributed by atoms with van der Waals surface area (Å²) >= 11 is 0. The van der Waals surface area contributed by atoms with Gasteiger partial charge in [-0.2, -0.15) is 0 Å². The summed E-state index contributed by atoms with van der Waals surface area (Å²) in [6.07, 6.45) is 3.00. The summed E-state index contributed by atoms with van der Waals surface area (Å²) in [6.45, 7) is 1.95. The minimum atomic E-state index is -0.460. The highest BCUT2D eigenvalue weighted by Crippen LogP contribution is 2.13. The molecule has 0 atom stereocenters. The lowest BCUT2D eigenvalue weighted by Crippen LogP contribution is -2.07. The summed E-state index contributed by atoms with van der Waals surface area (Å²) in [4.78, 5) is 21.8. The highest BCUT2D eigenvalue weighted by atomic mass is 16.6. The number of hydrogen-bond acceptors (Lipinski definition) is 3. The molecule has 2 aromatic rings. The topological polar surface area (TPSA) is 72.2 Å². The van der Waals surface area contributed by atoms with E-state index in [1.165, 1.54) is 18.2 Å². The average molecular weight is 282 g/mol. The Labute approximate surface area is 122 Å². The molecule has 0 aliphatic heterocycles. The number of nitrogens with one attached hydrogen (secondary N) is 1. The maximum atomic E-state index is 11.8. The van der Waals surface area contributed by atoms with Crippen molar-refractivity contribution in [1.82, 2.24) is 0 Å². The first-order chi connectivity index (χ1) is 10.0. The monoisotopic (exact) mass is 282 g/mol. The van der Waals surface area contributed by atoms with Crippen molar-refractivity contribution in [1.29, 1.82) is 0 Å². The molecule has 106 valence electrons. The van der Waals surface area contributed by atoms with Gasteiger partial charge in [0.05, 0.1) is 4.92 Å². The van der Waals surface area contributed by atoms with E-state index in [1.807, 2.05) is 31.2 Å². The molecule has 0 saturated carbocycles. The molecule has 0 aliphatic rings. The molecule has 0 fully saturated rings. The zero-order valence-corrected chi connectivity index (χ0v) is 11.4. The predicted octanol–water partition coefficient (Wildman–Crippen LogP) is 3.56. The third-order valence-corrected chi connectivity index (χ3v) is 2.82. The summed E-state index contributed by atoms with van der Waals surface area (Å²) in [6, 6.07) is 13.5. The van der Waals surface area contributed by atoms with Gasteiger partial charge in [0.2, 0.25) is 5.91 Å². The van der Waals surface area contributed by atoms with E-state index in [0.717, 1.165) is 16.8 Å². The van der Waals surface area contributed by atoms with Crippen LogP contribution in [0, 0.1) is 17.0 Å². The number of amides is 1. The molecule has 5 heteroatoms. The summed E-state index contributed by atoms with van der Waals surface area (Å²) in [5.41, 5.74) is 2.54. The molecular weight excluding hydrogens is 268 g/mol. The van der Waals surface area contributed by atoms with Gasteiger partial charge >= 0.3 is 0 Å². The van der Waals surface area contributed by atoms with E-state index in [9.17, 15) is 14.9 Å². The molecule has 21 heavy (non-hydrogen) atoms. The zero-order valence-electron chi connectivity index (χ0n) is 11.4. The first-order valence-corrected chi connectivity index (χ1v) is 6.35. The molecule has 5 nitrogen and oxygen atoms in total. The fourth-order valence-electron chi connectivity index (χ4n) is 1.79. The Bertz CT molecular complexity index is 691. The van der Waals surface area contributed by atoms with Crippen molar-refractivity contribution in [3.63, 3.8) is 0 Å². The van der Waals surface area contributed by atoms with Gasteiger partial charge in [0.1, 0.15) is 0 Å². The number of rotatable bonds is 4. The number of carbonyl (C=O) groups excluding carboxylic acids is 1. The highest BCUT2D eigenvalue weighted by Gasteiger charge is 2.03. The molecule has 0 heterocycles. The standard InChI is InChI=1S/C16H14N2O3/c1-12-3-2-4-14(11-12)17-16(19)10-7-13-5-8-15(9-6-13)18(20)21/h2-11H,1H3,(H,17,19). The number of nitro groups is 1. The molecule has 0 spiro atoms. The van der Waals surface area contributed by atoms with Crippen LogP contribution in [0.3, 0.4) is 0 Å². The van der Waals surface area contributed by atoms with Crippen molar-refractivity contribution in [2.75, 3.05) is 5.32 Å². The van der Waals surface area contributed by atoms with Gasteiger partial charge < -0.3 is 5.32 Å². The molecule has 0 radical (unpaired) electrons. The first kappa shape index (κ1) is 14.5. The largest absolute Gasteiger partial charge is 0.323 e. The Morgan fingerprint density at radius 1 is 1.19 bits per heavy atom. The number of carbonyl (C=O) groups is 1. The van der Waals surface area contributed by atoms with Crippen molar-refractivity contribution in [3.8, 4) is 0 Å². The summed E-state index contributed by atoms with van der Waals surface area (Å²) in [7, 11) is 0. The lowest BCUT2D eigenvalue weighted by Gasteiger charge is -2.02. The fraction of sp³-hybridized carbons (Fsp3) is 0.0625. The lowest BCUT2D eigenvalue weighted by molar-refractivity contribution is -0.384. The molecule has 2 rings (SSSR count). The molecule has 0 aliphatic carbocycles. The van der Waals surface area contributed by atoms with Crippen LogP contribution in [-0.2, 0) is 4.79 Å². The minimum Gasteiger partial charge on any atom is -0.323 e. The Hall–Kier alpha value is -2.95. The number of anilines is 1. The van der Waals surface area contributed by atoms with Crippen molar-refractivity contribution in [2.24, 2.45) is 0 Å². The van der Waals surface area contributed by atoms with Crippen LogP contribution in [-0.4, -0.2) is 10.8 Å². The Kier molecular flexibility index (Phi) is 4.46. The van der Waals surface area contributed by atoms with Crippen LogP contribution in [0.5, 0.6) is 0 Å². The Morgan fingerprint density at radius 3 is 2.52 bits per heavy atom. The molecule has 1 N–H and O–H groups in total. The van der Waals surface area contributed by atoms with Gasteiger partial charge in [-0.1, -0.05) is 12.1 Å². The van der Waals surface area contributed by atoms with E-state index in [-0.39, 0.29) is 11.6 Å². The first-order valence-electron chi connectivity index (χ1n) is 6.35. The van der Waals surface area contributed by atoms with Gasteiger partial charge in [-0.25, -0.2) is 0 Å². The lowest BCUT2D eigenvalue weighted by atomic mass is 10.2. The Balaban J connectivity index is 2.00. The van der Waals surface area contributed by atoms with Crippen LogP contribution in [0.15, 0.2) is 54.6 Å². The molecule has 0 aromatic heterocycles. The summed E-state index contributed by atoms with van der Waals surface area (Å²) in [5, 5.41) is 13.3. The zero-order chi connectivity index (χ0) is 15.2. The van der Waals surface area contributed by atoms with Gasteiger partial charge in [0.25, 0.3) is 5.69 Å². The molecule has 0 unspecified atom stereocenters. The average Bonchev–Trinajstić information content (AvgIpc) is 2.45. The quantitative estimate of drug-likeness (QED) is 0.529. The van der Waals surface area contributed by atoms with Crippen LogP contribution >= 0.6 is 0 Å². The third-order valence-electron chi connectivity index (χ3n) is 2.82. The minimum absolute atomic E-state index is 0.0244. The van der Waals surface area contributed by atoms with E-state index < -0.39 is 4.92 Å². The van der Waals surface area contributed by atoms with Gasteiger partial charge in [-0.3, -0.25) is 14.9 Å². The summed E-state index contributed by atoms with van der Waals surface area (Å²) < 4.78 is 0. The number of hydrogen-bond donors (Lipinski definition) is 1. The second-order valence-corrected chi connectivity index (χ2v) is 4.54. The van der Waals surface area contributed by atoms with E-state index in [1.54, 1.807) is 18.2 Å². The number of non-ortho nitro benzene ring substituents is 1. The van der Waals surface area contributed by atoms with Crippen molar-refractivity contribution in [2.45, 2.75) is 6.92 Å². The van der Waals surface area contributed by atoms with Crippen LogP contribution in [0.2, 0.25) is 0 Å². The molecule has 2 aromatic carbocycles. The maximum Gasteiger partial charge on any atom is 0.269 e. The van der Waals surface area contributed by atoms with Crippen LogP contribution in [0.4, 0.5) is 11.4 Å². The summed E-state index contributed by atoms with van der Waals surface area (Å²) in [5.74, 6) is -0.251. The van der Waals surface area contributed by atoms with Crippen molar-refractivity contribution < 1.29 is 9.72 Å². The van der Waals surface area contributed by atoms with Crippen molar-refractivity contribution >= 4 is 23.4 Å². The Morgan fingerprint density at radius 2 is 1.90 bits per heavy atom. The second kappa shape index (κ2) is 6.47. The molecule has 0 bridgehead atoms. The van der Waals surface area contributed by atoms with Gasteiger partial charge in [-0.15, -0.1) is 0 Å². The third kappa shape index (κ3) is 4.28. The SMILES string of the molecule is Cc1cccc(NC(=O)C=Cc2ccc([N+](=O)[O-])cc2)c1. The van der Waals surface area contributed by atoms with Crippen LogP contribution in [0.1, 0.15) is 11.1 Å². The van der Waals surface area contributed by atoms with Crippen molar-refractivity contribution in [3.05, 3.63) is 75.8 Å². The van der Waals surface area contributed by atoms with Gasteiger partial charge in [0, 0.05) is 23.9 Å². The van der Waals surface area contributed by atoms with Gasteiger partial charge in [0.15, 0.2) is 0 Å².